The van der Waals surface area contributed by atoms with Gasteiger partial charge in [0, 0.05) is 11.6 Å². The predicted molar refractivity (Wildman–Crippen MR) is 119 cm³/mol. The number of aromatic nitrogens is 1. The number of hydrogen-bond acceptors (Lipinski definition) is 3. The molecule has 0 radical (unpaired) electrons. The van der Waals surface area contributed by atoms with Gasteiger partial charge in [-0.1, -0.05) is 54.1 Å². The summed E-state index contributed by atoms with van der Waals surface area (Å²) in [7, 11) is 0. The zero-order chi connectivity index (χ0) is 21.8. The average molecular weight is 413 g/mol. The smallest absolute Gasteiger partial charge is 0.254 e. The second kappa shape index (κ2) is 8.75. The minimum absolute atomic E-state index is 0.115. The van der Waals surface area contributed by atoms with Crippen LogP contribution in [0.5, 0.6) is 0 Å². The first-order valence-electron chi connectivity index (χ1n) is 9.79. The number of anilines is 1. The number of aryl methyl sites for hydroxylation is 1. The molecule has 1 heterocycles. The van der Waals surface area contributed by atoms with Gasteiger partial charge in [0.2, 0.25) is 5.91 Å². The molecule has 1 aromatic heterocycles. The molecule has 0 saturated carbocycles. The monoisotopic (exact) mass is 413 g/mol. The van der Waals surface area contributed by atoms with Crippen LogP contribution in [0.4, 0.5) is 10.1 Å². The van der Waals surface area contributed by atoms with E-state index in [0.717, 1.165) is 16.5 Å². The standard InChI is InChI=1S/C25H20FN3O2/c1-16-7-9-17(10-8-16)19-11-12-20(21(26)14-19)25(31)28-15-23(30)29-22-6-2-4-18-5-3-13-27-24(18)22/h2-14H,15H2,1H3,(H,28,31)(H,29,30). The van der Waals surface area contributed by atoms with Gasteiger partial charge in [-0.3, -0.25) is 14.6 Å². The number of carbonyl (C=O) groups excluding carboxylic acids is 2. The Labute approximate surface area is 178 Å². The number of para-hydroxylation sites is 1. The van der Waals surface area contributed by atoms with Gasteiger partial charge < -0.3 is 10.6 Å². The van der Waals surface area contributed by atoms with E-state index in [1.165, 1.54) is 12.1 Å². The van der Waals surface area contributed by atoms with Crippen molar-refractivity contribution in [2.24, 2.45) is 0 Å². The number of hydrogen-bond donors (Lipinski definition) is 2. The van der Waals surface area contributed by atoms with Crippen LogP contribution in [0.1, 0.15) is 15.9 Å². The van der Waals surface area contributed by atoms with Crippen LogP contribution < -0.4 is 10.6 Å². The fourth-order valence-electron chi connectivity index (χ4n) is 3.28. The number of nitrogens with zero attached hydrogens (tertiary/aromatic N) is 1. The largest absolute Gasteiger partial charge is 0.343 e. The number of fused-ring (bicyclic) bond motifs is 1. The van der Waals surface area contributed by atoms with E-state index in [0.29, 0.717) is 16.8 Å². The lowest BCUT2D eigenvalue weighted by Crippen LogP contribution is -2.33. The summed E-state index contributed by atoms with van der Waals surface area (Å²) in [5.41, 5.74) is 3.73. The molecule has 0 aliphatic rings. The highest BCUT2D eigenvalue weighted by atomic mass is 19.1. The maximum atomic E-state index is 14.5. The molecule has 0 unspecified atom stereocenters. The van der Waals surface area contributed by atoms with E-state index < -0.39 is 17.6 Å². The highest BCUT2D eigenvalue weighted by Crippen LogP contribution is 2.23. The minimum atomic E-state index is -0.654. The van der Waals surface area contributed by atoms with E-state index in [2.05, 4.69) is 15.6 Å². The van der Waals surface area contributed by atoms with E-state index in [9.17, 15) is 14.0 Å². The van der Waals surface area contributed by atoms with Crippen molar-refractivity contribution in [3.63, 3.8) is 0 Å². The van der Waals surface area contributed by atoms with E-state index >= 15 is 0 Å². The van der Waals surface area contributed by atoms with Crippen molar-refractivity contribution in [2.75, 3.05) is 11.9 Å². The summed E-state index contributed by atoms with van der Waals surface area (Å²) >= 11 is 0. The molecule has 0 aliphatic carbocycles. The van der Waals surface area contributed by atoms with E-state index in [1.807, 2.05) is 55.5 Å². The van der Waals surface area contributed by atoms with Crippen molar-refractivity contribution in [1.29, 1.82) is 0 Å². The first-order chi connectivity index (χ1) is 15.0. The zero-order valence-electron chi connectivity index (χ0n) is 16.9. The molecule has 0 bridgehead atoms. The molecule has 0 aliphatic heterocycles. The van der Waals surface area contributed by atoms with Crippen LogP contribution in [-0.4, -0.2) is 23.3 Å². The van der Waals surface area contributed by atoms with E-state index in [-0.39, 0.29) is 12.1 Å². The molecule has 0 saturated heterocycles. The lowest BCUT2D eigenvalue weighted by molar-refractivity contribution is -0.115. The predicted octanol–water partition coefficient (Wildman–Crippen LogP) is 4.72. The molecular formula is C25H20FN3O2. The molecule has 5 nitrogen and oxygen atoms in total. The maximum Gasteiger partial charge on any atom is 0.254 e. The Morgan fingerprint density at radius 3 is 2.45 bits per heavy atom. The van der Waals surface area contributed by atoms with Crippen molar-refractivity contribution in [2.45, 2.75) is 6.92 Å². The van der Waals surface area contributed by atoms with E-state index in [1.54, 1.807) is 18.3 Å². The zero-order valence-corrected chi connectivity index (χ0v) is 16.9. The molecule has 0 spiro atoms. The van der Waals surface area contributed by atoms with Gasteiger partial charge in [-0.25, -0.2) is 4.39 Å². The lowest BCUT2D eigenvalue weighted by Gasteiger charge is -2.10. The average Bonchev–Trinajstić information content (AvgIpc) is 2.78. The minimum Gasteiger partial charge on any atom is -0.343 e. The molecule has 0 atom stereocenters. The van der Waals surface area contributed by atoms with Gasteiger partial charge in [0.15, 0.2) is 0 Å². The number of nitrogens with one attached hydrogen (secondary N) is 2. The lowest BCUT2D eigenvalue weighted by atomic mass is 10.0. The van der Waals surface area contributed by atoms with Gasteiger partial charge >= 0.3 is 0 Å². The van der Waals surface area contributed by atoms with Crippen molar-refractivity contribution >= 4 is 28.4 Å². The van der Waals surface area contributed by atoms with Crippen molar-refractivity contribution in [3.8, 4) is 11.1 Å². The second-order valence-corrected chi connectivity index (χ2v) is 7.17. The van der Waals surface area contributed by atoms with Crippen LogP contribution in [0.25, 0.3) is 22.0 Å². The Balaban J connectivity index is 1.41. The third-order valence-electron chi connectivity index (χ3n) is 4.91. The van der Waals surface area contributed by atoms with Crippen molar-refractivity contribution in [3.05, 3.63) is 95.9 Å². The van der Waals surface area contributed by atoms with Crippen molar-refractivity contribution in [1.82, 2.24) is 10.3 Å². The molecule has 0 fully saturated rings. The van der Waals surface area contributed by atoms with Gasteiger partial charge in [-0.2, -0.15) is 0 Å². The highest BCUT2D eigenvalue weighted by molar-refractivity contribution is 6.03. The topological polar surface area (TPSA) is 71.1 Å². The Hall–Kier alpha value is -4.06. The number of rotatable bonds is 5. The Morgan fingerprint density at radius 2 is 1.68 bits per heavy atom. The summed E-state index contributed by atoms with van der Waals surface area (Å²) in [6, 6.07) is 21.3. The first kappa shape index (κ1) is 20.2. The molecule has 4 rings (SSSR count). The fourth-order valence-corrected chi connectivity index (χ4v) is 3.28. The van der Waals surface area contributed by atoms with Crippen LogP contribution in [0, 0.1) is 12.7 Å². The number of halogens is 1. The quantitative estimate of drug-likeness (QED) is 0.497. The summed E-state index contributed by atoms with van der Waals surface area (Å²) in [5, 5.41) is 6.08. The Bertz CT molecular complexity index is 1260. The molecular weight excluding hydrogens is 393 g/mol. The normalized spacial score (nSPS) is 10.6. The number of pyridine rings is 1. The third-order valence-corrected chi connectivity index (χ3v) is 4.91. The molecule has 154 valence electrons. The van der Waals surface area contributed by atoms with Gasteiger partial charge in [0.05, 0.1) is 23.3 Å². The van der Waals surface area contributed by atoms with Crippen LogP contribution in [0.15, 0.2) is 79.0 Å². The van der Waals surface area contributed by atoms with Gasteiger partial charge in [-0.15, -0.1) is 0 Å². The Morgan fingerprint density at radius 1 is 0.935 bits per heavy atom. The molecule has 3 aromatic carbocycles. The summed E-state index contributed by atoms with van der Waals surface area (Å²) in [6.45, 7) is 1.69. The van der Waals surface area contributed by atoms with Crippen molar-refractivity contribution < 1.29 is 14.0 Å². The third kappa shape index (κ3) is 4.59. The van der Waals surface area contributed by atoms with Crippen LogP contribution in [-0.2, 0) is 4.79 Å². The molecule has 2 amide bonds. The number of amides is 2. The number of carbonyl (C=O) groups is 2. The highest BCUT2D eigenvalue weighted by Gasteiger charge is 2.14. The second-order valence-electron chi connectivity index (χ2n) is 7.17. The first-order valence-corrected chi connectivity index (χ1v) is 9.79. The summed E-state index contributed by atoms with van der Waals surface area (Å²) in [4.78, 5) is 29.0. The summed E-state index contributed by atoms with van der Waals surface area (Å²) in [5.74, 6) is -1.73. The van der Waals surface area contributed by atoms with Gasteiger partial charge in [-0.05, 0) is 42.3 Å². The van der Waals surface area contributed by atoms with Crippen LogP contribution in [0.3, 0.4) is 0 Å². The van der Waals surface area contributed by atoms with Gasteiger partial charge in [0.1, 0.15) is 5.82 Å². The molecule has 31 heavy (non-hydrogen) atoms. The molecule has 2 N–H and O–H groups in total. The van der Waals surface area contributed by atoms with Gasteiger partial charge in [0.25, 0.3) is 5.91 Å². The number of benzene rings is 3. The van der Waals surface area contributed by atoms with Crippen LogP contribution >= 0.6 is 0 Å². The fraction of sp³-hybridized carbons (Fsp3) is 0.0800. The molecule has 6 heteroatoms. The van der Waals surface area contributed by atoms with Crippen LogP contribution in [0.2, 0.25) is 0 Å². The summed E-state index contributed by atoms with van der Waals surface area (Å²) in [6.07, 6.45) is 1.64. The van der Waals surface area contributed by atoms with E-state index in [4.69, 9.17) is 0 Å². The molecule has 4 aromatic rings. The SMILES string of the molecule is Cc1ccc(-c2ccc(C(=O)NCC(=O)Nc3cccc4cccnc34)c(F)c2)cc1. The Kier molecular flexibility index (Phi) is 5.71. The summed E-state index contributed by atoms with van der Waals surface area (Å²) < 4.78 is 14.5. The maximum absolute atomic E-state index is 14.5.